The number of alkyl halides is 2. The van der Waals surface area contributed by atoms with E-state index < -0.39 is 10.4 Å². The second-order valence-electron chi connectivity index (χ2n) is 5.88. The molecule has 1 saturated heterocycles. The number of aliphatic hydroxyl groups excluding tert-OH is 1. The van der Waals surface area contributed by atoms with Crippen molar-refractivity contribution in [3.05, 3.63) is 23.0 Å². The van der Waals surface area contributed by atoms with E-state index >= 15 is 0 Å². The molecule has 1 amide bonds. The Labute approximate surface area is 133 Å². The van der Waals surface area contributed by atoms with Crippen LogP contribution in [0.4, 0.5) is 0 Å². The van der Waals surface area contributed by atoms with Crippen molar-refractivity contribution in [2.45, 2.75) is 23.3 Å². The van der Waals surface area contributed by atoms with Crippen LogP contribution in [-0.2, 0) is 6.42 Å². The summed E-state index contributed by atoms with van der Waals surface area (Å²) in [6.07, 6.45) is 0.136. The van der Waals surface area contributed by atoms with Crippen LogP contribution in [0.25, 0.3) is 0 Å². The van der Waals surface area contributed by atoms with Gasteiger partial charge in [-0.05, 0) is 26.0 Å². The maximum absolute atomic E-state index is 12.5. The summed E-state index contributed by atoms with van der Waals surface area (Å²) in [6, 6.07) is 1.69. The maximum atomic E-state index is 12.5. The molecule has 7 heteroatoms. The van der Waals surface area contributed by atoms with Gasteiger partial charge in [-0.3, -0.25) is 4.79 Å². The molecule has 5 nitrogen and oxygen atoms in total. The number of piperazine rings is 1. The second-order valence-corrected chi connectivity index (χ2v) is 7.42. The summed E-state index contributed by atoms with van der Waals surface area (Å²) in [5.41, 5.74) is 2.01. The Morgan fingerprint density at radius 3 is 2.71 bits per heavy atom. The molecule has 21 heavy (non-hydrogen) atoms. The molecule has 2 aliphatic rings. The number of carbonyl (C=O) groups is 1. The molecule has 1 aromatic rings. The van der Waals surface area contributed by atoms with Crippen molar-refractivity contribution >= 4 is 29.1 Å². The molecule has 0 aromatic carbocycles. The van der Waals surface area contributed by atoms with Gasteiger partial charge in [-0.25, -0.2) is 0 Å². The highest BCUT2D eigenvalue weighted by Crippen LogP contribution is 2.45. The number of likely N-dealkylation sites (N-methyl/N-ethyl adjacent to an activating group) is 1. The Bertz CT molecular complexity index is 550. The van der Waals surface area contributed by atoms with Crippen molar-refractivity contribution in [1.82, 2.24) is 14.8 Å². The number of hydrogen-bond acceptors (Lipinski definition) is 3. The van der Waals surface area contributed by atoms with E-state index in [-0.39, 0.29) is 5.91 Å². The zero-order chi connectivity index (χ0) is 15.2. The summed E-state index contributed by atoms with van der Waals surface area (Å²) in [6.45, 7) is 3.19. The third-order valence-corrected chi connectivity index (χ3v) is 5.15. The first-order valence-electron chi connectivity index (χ1n) is 7.14. The van der Waals surface area contributed by atoms with Gasteiger partial charge in [0.1, 0.15) is 16.1 Å². The van der Waals surface area contributed by atoms with E-state index in [1.54, 1.807) is 6.07 Å². The number of carbonyl (C=O) groups excluding carboxylic acids is 1. The number of fused-ring (bicyclic) bond motifs is 1. The van der Waals surface area contributed by atoms with Crippen LogP contribution in [0.1, 0.15) is 34.3 Å². The molecule has 1 atom stereocenters. The number of nitrogens with one attached hydrogen (secondary N) is 1. The van der Waals surface area contributed by atoms with Crippen molar-refractivity contribution < 1.29 is 9.90 Å². The number of aromatic amines is 1. The Hall–Kier alpha value is -0.750. The molecule has 0 radical (unpaired) electrons. The van der Waals surface area contributed by atoms with Crippen LogP contribution >= 0.6 is 23.2 Å². The van der Waals surface area contributed by atoms with Crippen LogP contribution in [0.2, 0.25) is 0 Å². The van der Waals surface area contributed by atoms with Gasteiger partial charge in [-0.2, -0.15) is 0 Å². The number of H-pyrrole nitrogens is 1. The molecule has 1 fully saturated rings. The normalized spacial score (nSPS) is 25.7. The van der Waals surface area contributed by atoms with Crippen molar-refractivity contribution in [2.75, 3.05) is 33.2 Å². The van der Waals surface area contributed by atoms with Gasteiger partial charge in [0.25, 0.3) is 5.91 Å². The fraction of sp³-hybridized carbons (Fsp3) is 0.643. The summed E-state index contributed by atoms with van der Waals surface area (Å²) < 4.78 is -1.18. The minimum atomic E-state index is -1.18. The molecule has 0 bridgehead atoms. The van der Waals surface area contributed by atoms with Gasteiger partial charge in [0.05, 0.1) is 0 Å². The summed E-state index contributed by atoms with van der Waals surface area (Å²) in [7, 11) is 2.05. The average Bonchev–Trinajstić information content (AvgIpc) is 2.88. The van der Waals surface area contributed by atoms with Gasteiger partial charge < -0.3 is 19.9 Å². The molecule has 0 saturated carbocycles. The predicted octanol–water partition coefficient (Wildman–Crippen LogP) is 1.56. The van der Waals surface area contributed by atoms with Crippen molar-refractivity contribution in [3.63, 3.8) is 0 Å². The second kappa shape index (κ2) is 5.47. The molecule has 0 spiro atoms. The summed E-state index contributed by atoms with van der Waals surface area (Å²) >= 11 is 12.2. The van der Waals surface area contributed by atoms with Gasteiger partial charge in [0.15, 0.2) is 0 Å². The first-order valence-corrected chi connectivity index (χ1v) is 7.89. The molecule has 2 heterocycles. The largest absolute Gasteiger partial charge is 0.385 e. The van der Waals surface area contributed by atoms with E-state index in [0.29, 0.717) is 24.1 Å². The topological polar surface area (TPSA) is 59.6 Å². The van der Waals surface area contributed by atoms with Gasteiger partial charge in [0, 0.05) is 37.4 Å². The Kier molecular flexibility index (Phi) is 3.94. The van der Waals surface area contributed by atoms with Crippen LogP contribution in [0.5, 0.6) is 0 Å². The zero-order valence-electron chi connectivity index (χ0n) is 11.9. The van der Waals surface area contributed by atoms with Crippen LogP contribution in [0.15, 0.2) is 6.07 Å². The highest BCUT2D eigenvalue weighted by molar-refractivity contribution is 6.49. The smallest absolute Gasteiger partial charge is 0.270 e. The fourth-order valence-electron chi connectivity index (χ4n) is 2.92. The van der Waals surface area contributed by atoms with Crippen molar-refractivity contribution in [1.29, 1.82) is 0 Å². The van der Waals surface area contributed by atoms with E-state index in [0.717, 1.165) is 31.9 Å². The van der Waals surface area contributed by atoms with Gasteiger partial charge in [0.2, 0.25) is 0 Å². The van der Waals surface area contributed by atoms with Crippen LogP contribution in [0, 0.1) is 0 Å². The lowest BCUT2D eigenvalue weighted by atomic mass is 9.94. The first kappa shape index (κ1) is 15.2. The number of aryl methyl sites for hydroxylation is 1. The third kappa shape index (κ3) is 2.80. The van der Waals surface area contributed by atoms with E-state index in [1.165, 1.54) is 0 Å². The number of rotatable bonds is 1. The molecule has 1 unspecified atom stereocenters. The predicted molar refractivity (Wildman–Crippen MR) is 81.9 cm³/mol. The van der Waals surface area contributed by atoms with E-state index in [4.69, 9.17) is 23.2 Å². The SMILES string of the molecule is CN1CCN(C(=O)c2cc3c([nH]2)CCC(Cl)(Cl)C3O)CC1. The molecule has 3 rings (SSSR count). The Morgan fingerprint density at radius 2 is 2.05 bits per heavy atom. The van der Waals surface area contributed by atoms with Crippen LogP contribution < -0.4 is 0 Å². The van der Waals surface area contributed by atoms with Gasteiger partial charge >= 0.3 is 0 Å². The Balaban J connectivity index is 1.80. The summed E-state index contributed by atoms with van der Waals surface area (Å²) in [5, 5.41) is 10.2. The highest BCUT2D eigenvalue weighted by Gasteiger charge is 2.41. The van der Waals surface area contributed by atoms with Gasteiger partial charge in [-0.15, -0.1) is 0 Å². The van der Waals surface area contributed by atoms with E-state index in [2.05, 4.69) is 9.88 Å². The number of halogens is 2. The fourth-order valence-corrected chi connectivity index (χ4v) is 3.34. The van der Waals surface area contributed by atoms with Crippen LogP contribution in [0.3, 0.4) is 0 Å². The number of hydrogen-bond donors (Lipinski definition) is 2. The van der Waals surface area contributed by atoms with E-state index in [1.807, 2.05) is 11.9 Å². The molecule has 2 N–H and O–H groups in total. The quantitative estimate of drug-likeness (QED) is 0.768. The average molecular weight is 332 g/mol. The number of nitrogens with zero attached hydrogens (tertiary/aromatic N) is 2. The lowest BCUT2D eigenvalue weighted by molar-refractivity contribution is 0.0658. The lowest BCUT2D eigenvalue weighted by Gasteiger charge is -2.32. The summed E-state index contributed by atoms with van der Waals surface area (Å²) in [4.78, 5) is 19.7. The standard InChI is InChI=1S/C14H19Cl2N3O2/c1-18-4-6-19(7-5-18)13(21)11-8-9-10(17-11)2-3-14(15,16)12(9)20/h8,12,17,20H,2-7H2,1H3. The molecular weight excluding hydrogens is 313 g/mol. The Morgan fingerprint density at radius 1 is 1.38 bits per heavy atom. The monoisotopic (exact) mass is 331 g/mol. The third-order valence-electron chi connectivity index (χ3n) is 4.36. The first-order chi connectivity index (χ1) is 9.88. The molecule has 116 valence electrons. The molecule has 1 aliphatic heterocycles. The minimum absolute atomic E-state index is 0.0283. The van der Waals surface area contributed by atoms with Crippen molar-refractivity contribution in [3.8, 4) is 0 Å². The number of aliphatic hydroxyl groups is 1. The molecular formula is C14H19Cl2N3O2. The van der Waals surface area contributed by atoms with Crippen LogP contribution in [-0.4, -0.2) is 63.4 Å². The van der Waals surface area contributed by atoms with Crippen molar-refractivity contribution in [2.24, 2.45) is 0 Å². The highest BCUT2D eigenvalue weighted by atomic mass is 35.5. The zero-order valence-corrected chi connectivity index (χ0v) is 13.4. The number of amides is 1. The number of aromatic nitrogens is 1. The van der Waals surface area contributed by atoms with E-state index in [9.17, 15) is 9.90 Å². The summed E-state index contributed by atoms with van der Waals surface area (Å²) in [5.74, 6) is -0.0283. The molecule has 1 aliphatic carbocycles. The maximum Gasteiger partial charge on any atom is 0.270 e. The van der Waals surface area contributed by atoms with Gasteiger partial charge in [-0.1, -0.05) is 23.2 Å². The minimum Gasteiger partial charge on any atom is -0.385 e. The lowest BCUT2D eigenvalue weighted by Crippen LogP contribution is -2.47. The molecule has 1 aromatic heterocycles.